The van der Waals surface area contributed by atoms with Gasteiger partial charge in [-0.1, -0.05) is 35.3 Å². The number of hydrogen-bond donors (Lipinski definition) is 2. The van der Waals surface area contributed by atoms with E-state index in [4.69, 9.17) is 23.2 Å². The number of nitro groups is 1. The van der Waals surface area contributed by atoms with Gasteiger partial charge in [0.1, 0.15) is 5.69 Å². The Labute approximate surface area is 158 Å². The summed E-state index contributed by atoms with van der Waals surface area (Å²) in [6, 6.07) is 7.40. The molecular weight excluding hydrogens is 383 g/mol. The number of carboxylic acid groups (broad SMARTS) is 1. The zero-order chi connectivity index (χ0) is 19.4. The molecule has 26 heavy (non-hydrogen) atoms. The highest BCUT2D eigenvalue weighted by molar-refractivity contribution is 6.35. The van der Waals surface area contributed by atoms with Crippen molar-refractivity contribution >= 4 is 46.5 Å². The average molecular weight is 397 g/mol. The number of hydrogen-bond acceptors (Lipinski definition) is 4. The summed E-state index contributed by atoms with van der Waals surface area (Å²) >= 11 is 11.9. The van der Waals surface area contributed by atoms with E-state index in [1.165, 1.54) is 19.1 Å². The number of carbonyl (C=O) groups is 2. The minimum atomic E-state index is -1.37. The Morgan fingerprint density at radius 3 is 2.50 bits per heavy atom. The molecule has 0 saturated carbocycles. The third kappa shape index (κ3) is 4.50. The standard InChI is InChI=1S/C17H14Cl2N2O5/c1-9-2-6-12(17(23)24)15(16(9)21(25)26)20-14(22)7-4-10-3-5-11(18)8-13(10)19/h2-3,5-6,8H,4,7H2,1H3,(H,20,22)(H,23,24). The van der Waals surface area contributed by atoms with Crippen molar-refractivity contribution in [3.63, 3.8) is 0 Å². The summed E-state index contributed by atoms with van der Waals surface area (Å²) in [6.07, 6.45) is 0.232. The minimum Gasteiger partial charge on any atom is -0.478 e. The van der Waals surface area contributed by atoms with Crippen LogP contribution in [0.1, 0.15) is 27.9 Å². The molecule has 2 aromatic rings. The SMILES string of the molecule is Cc1ccc(C(=O)O)c(NC(=O)CCc2ccc(Cl)cc2Cl)c1[N+](=O)[O-]. The first-order valence-electron chi connectivity index (χ1n) is 7.45. The van der Waals surface area contributed by atoms with Gasteiger partial charge in [0.2, 0.25) is 5.91 Å². The molecule has 9 heteroatoms. The summed E-state index contributed by atoms with van der Waals surface area (Å²) < 4.78 is 0. The number of nitrogens with one attached hydrogen (secondary N) is 1. The fourth-order valence-electron chi connectivity index (χ4n) is 2.41. The molecular formula is C17H14Cl2N2O5. The van der Waals surface area contributed by atoms with Crippen LogP contribution in [0.5, 0.6) is 0 Å². The van der Waals surface area contributed by atoms with Crippen molar-refractivity contribution in [2.24, 2.45) is 0 Å². The highest BCUT2D eigenvalue weighted by Gasteiger charge is 2.25. The highest BCUT2D eigenvalue weighted by Crippen LogP contribution is 2.32. The molecule has 0 aromatic heterocycles. The topological polar surface area (TPSA) is 110 Å². The monoisotopic (exact) mass is 396 g/mol. The summed E-state index contributed by atoms with van der Waals surface area (Å²) in [4.78, 5) is 34.1. The molecule has 2 aromatic carbocycles. The molecule has 1 amide bonds. The van der Waals surface area contributed by atoms with E-state index >= 15 is 0 Å². The first-order chi connectivity index (χ1) is 12.2. The van der Waals surface area contributed by atoms with Gasteiger partial charge in [-0.05, 0) is 37.1 Å². The number of aromatic carboxylic acids is 1. The summed E-state index contributed by atoms with van der Waals surface area (Å²) in [7, 11) is 0. The van der Waals surface area contributed by atoms with E-state index in [0.29, 0.717) is 15.6 Å². The van der Waals surface area contributed by atoms with Crippen molar-refractivity contribution < 1.29 is 19.6 Å². The summed E-state index contributed by atoms with van der Waals surface area (Å²) in [5.41, 5.74) is -0.183. The molecule has 7 nitrogen and oxygen atoms in total. The van der Waals surface area contributed by atoms with Crippen LogP contribution in [0.4, 0.5) is 11.4 Å². The van der Waals surface area contributed by atoms with Gasteiger partial charge < -0.3 is 10.4 Å². The van der Waals surface area contributed by atoms with Crippen molar-refractivity contribution in [3.8, 4) is 0 Å². The van der Waals surface area contributed by atoms with Gasteiger partial charge in [-0.3, -0.25) is 14.9 Å². The smallest absolute Gasteiger partial charge is 0.338 e. The van der Waals surface area contributed by atoms with Crippen LogP contribution in [0.3, 0.4) is 0 Å². The van der Waals surface area contributed by atoms with Gasteiger partial charge in [0, 0.05) is 22.0 Å². The second-order valence-electron chi connectivity index (χ2n) is 5.50. The van der Waals surface area contributed by atoms with Gasteiger partial charge >= 0.3 is 5.97 Å². The zero-order valence-electron chi connectivity index (χ0n) is 13.6. The predicted octanol–water partition coefficient (Wildman–Crippen LogP) is 4.48. The molecule has 0 aliphatic carbocycles. The summed E-state index contributed by atoms with van der Waals surface area (Å²) in [5, 5.41) is 23.7. The van der Waals surface area contributed by atoms with Crippen LogP contribution in [0.15, 0.2) is 30.3 Å². The lowest BCUT2D eigenvalue weighted by Gasteiger charge is -2.11. The lowest BCUT2D eigenvalue weighted by atomic mass is 10.1. The molecule has 0 atom stereocenters. The molecule has 2 N–H and O–H groups in total. The normalized spacial score (nSPS) is 10.4. The number of nitro benzene ring substituents is 1. The summed E-state index contributed by atoms with van der Waals surface area (Å²) in [5.74, 6) is -1.93. The lowest BCUT2D eigenvalue weighted by molar-refractivity contribution is -0.384. The van der Waals surface area contributed by atoms with Crippen LogP contribution in [0.2, 0.25) is 10.0 Å². The molecule has 0 spiro atoms. The van der Waals surface area contributed by atoms with Crippen molar-refractivity contribution in [3.05, 3.63) is 67.2 Å². The van der Waals surface area contributed by atoms with Crippen molar-refractivity contribution in [2.75, 3.05) is 5.32 Å². The van der Waals surface area contributed by atoms with Crippen molar-refractivity contribution in [1.29, 1.82) is 0 Å². The second kappa shape index (κ2) is 8.16. The lowest BCUT2D eigenvalue weighted by Crippen LogP contribution is -2.17. The van der Waals surface area contributed by atoms with Gasteiger partial charge in [0.05, 0.1) is 10.5 Å². The van der Waals surface area contributed by atoms with Crippen LogP contribution < -0.4 is 5.32 Å². The third-order valence-electron chi connectivity index (χ3n) is 3.69. The number of rotatable bonds is 6. The number of halogens is 2. The number of carboxylic acids is 1. The maximum Gasteiger partial charge on any atom is 0.338 e. The van der Waals surface area contributed by atoms with Gasteiger partial charge in [0.15, 0.2) is 0 Å². The number of benzene rings is 2. The van der Waals surface area contributed by atoms with Crippen molar-refractivity contribution in [1.82, 2.24) is 0 Å². The molecule has 0 aliphatic rings. The van der Waals surface area contributed by atoms with Crippen LogP contribution in [-0.4, -0.2) is 21.9 Å². The van der Waals surface area contributed by atoms with Gasteiger partial charge in [0.25, 0.3) is 5.69 Å². The van der Waals surface area contributed by atoms with E-state index in [1.54, 1.807) is 18.2 Å². The van der Waals surface area contributed by atoms with Crippen LogP contribution in [0, 0.1) is 17.0 Å². The predicted molar refractivity (Wildman–Crippen MR) is 98.2 cm³/mol. The number of anilines is 1. The fraction of sp³-hybridized carbons (Fsp3) is 0.176. The van der Waals surface area contributed by atoms with E-state index in [9.17, 15) is 24.8 Å². The number of carbonyl (C=O) groups excluding carboxylic acids is 1. The Kier molecular flexibility index (Phi) is 6.18. The third-order valence-corrected chi connectivity index (χ3v) is 4.28. The Morgan fingerprint density at radius 1 is 1.23 bits per heavy atom. The first-order valence-corrected chi connectivity index (χ1v) is 8.21. The van der Waals surface area contributed by atoms with E-state index < -0.39 is 22.5 Å². The van der Waals surface area contributed by atoms with Crippen molar-refractivity contribution in [2.45, 2.75) is 19.8 Å². The second-order valence-corrected chi connectivity index (χ2v) is 6.34. The zero-order valence-corrected chi connectivity index (χ0v) is 15.1. The maximum absolute atomic E-state index is 12.2. The number of aryl methyl sites for hydroxylation is 2. The first kappa shape index (κ1) is 19.7. The molecule has 0 unspecified atom stereocenters. The molecule has 0 heterocycles. The van der Waals surface area contributed by atoms with Gasteiger partial charge in [-0.2, -0.15) is 0 Å². The van der Waals surface area contributed by atoms with Crippen LogP contribution >= 0.6 is 23.2 Å². The van der Waals surface area contributed by atoms with Gasteiger partial charge in [-0.15, -0.1) is 0 Å². The van der Waals surface area contributed by atoms with Crippen LogP contribution in [0.25, 0.3) is 0 Å². The molecule has 0 saturated heterocycles. The number of amides is 1. The largest absolute Gasteiger partial charge is 0.478 e. The van der Waals surface area contributed by atoms with Crippen LogP contribution in [-0.2, 0) is 11.2 Å². The molecule has 0 bridgehead atoms. The Morgan fingerprint density at radius 2 is 1.92 bits per heavy atom. The van der Waals surface area contributed by atoms with E-state index in [2.05, 4.69) is 5.32 Å². The summed E-state index contributed by atoms with van der Waals surface area (Å²) in [6.45, 7) is 1.47. The molecule has 0 radical (unpaired) electrons. The molecule has 136 valence electrons. The Hall–Kier alpha value is -2.64. The minimum absolute atomic E-state index is 0.0362. The Bertz CT molecular complexity index is 899. The Balaban J connectivity index is 2.24. The van der Waals surface area contributed by atoms with Gasteiger partial charge in [-0.25, -0.2) is 4.79 Å². The average Bonchev–Trinajstić information content (AvgIpc) is 2.53. The number of nitrogens with zero attached hydrogens (tertiary/aromatic N) is 1. The quantitative estimate of drug-likeness (QED) is 0.552. The van der Waals surface area contributed by atoms with E-state index in [0.717, 1.165) is 0 Å². The van der Waals surface area contributed by atoms with E-state index in [1.807, 2.05) is 0 Å². The molecule has 0 fully saturated rings. The maximum atomic E-state index is 12.2. The highest BCUT2D eigenvalue weighted by atomic mass is 35.5. The molecule has 2 rings (SSSR count). The van der Waals surface area contributed by atoms with E-state index in [-0.39, 0.29) is 29.7 Å². The fourth-order valence-corrected chi connectivity index (χ4v) is 2.91. The molecule has 0 aliphatic heterocycles.